The van der Waals surface area contributed by atoms with E-state index >= 15 is 0 Å². The fourth-order valence-corrected chi connectivity index (χ4v) is 5.49. The lowest BCUT2D eigenvalue weighted by atomic mass is 10.00. The Labute approximate surface area is 268 Å². The topological polar surface area (TPSA) is 95.7 Å². The Morgan fingerprint density at radius 2 is 1.20 bits per heavy atom. The molecule has 7 nitrogen and oxygen atoms in total. The highest BCUT2D eigenvalue weighted by Crippen LogP contribution is 2.40. The number of halogens is 1. The quantitative estimate of drug-likeness (QED) is 0.182. The summed E-state index contributed by atoms with van der Waals surface area (Å²) in [6.07, 6.45) is -0.304. The van der Waals surface area contributed by atoms with E-state index in [0.717, 1.165) is 22.3 Å². The van der Waals surface area contributed by atoms with Gasteiger partial charge in [-0.05, 0) is 58.7 Å². The number of rotatable bonds is 8. The first-order valence-corrected chi connectivity index (χ1v) is 14.5. The number of nitrogens with zero attached hydrogens (tertiary/aromatic N) is 2. The van der Waals surface area contributed by atoms with Crippen LogP contribution in [-0.2, 0) is 27.5 Å². The molecule has 1 heterocycles. The van der Waals surface area contributed by atoms with E-state index in [1.54, 1.807) is 21.9 Å². The summed E-state index contributed by atoms with van der Waals surface area (Å²) >= 11 is 0. The number of para-hydroxylation sites is 3. The van der Waals surface area contributed by atoms with E-state index in [1.165, 1.54) is 0 Å². The number of amides is 3. The van der Waals surface area contributed by atoms with Crippen molar-refractivity contribution < 1.29 is 14.4 Å². The van der Waals surface area contributed by atoms with Crippen molar-refractivity contribution in [3.8, 4) is 11.1 Å². The molecule has 6 rings (SSSR count). The van der Waals surface area contributed by atoms with Crippen LogP contribution in [0.15, 0.2) is 133 Å². The van der Waals surface area contributed by atoms with E-state index in [-0.39, 0.29) is 25.4 Å². The molecule has 0 bridgehead atoms. The van der Waals surface area contributed by atoms with Crippen LogP contribution in [0.2, 0.25) is 0 Å². The largest absolute Gasteiger partial charge is 0.326 e. The maximum absolute atomic E-state index is 14.4. The molecule has 1 atom stereocenters. The van der Waals surface area contributed by atoms with Crippen LogP contribution in [0.25, 0.3) is 11.1 Å². The predicted octanol–water partition coefficient (Wildman–Crippen LogP) is 7.09. The van der Waals surface area contributed by atoms with Crippen molar-refractivity contribution in [3.05, 3.63) is 145 Å². The van der Waals surface area contributed by atoms with Gasteiger partial charge in [0.05, 0.1) is 17.9 Å². The standard InChI is InChI=1S/C37H32N4O3.ClH/c38-24-26-17-21-31(22-18-26)41-34-14-8-7-13-33(34)40(25-27-15-19-29(20-16-27)28-9-3-1-4-10-28)36(43)32(37(41)44)23-35(42)39-30-11-5-2-6-12-30;/h1-22,32H,23-25,38H2,(H,39,42);1H. The van der Waals surface area contributed by atoms with E-state index in [4.69, 9.17) is 5.73 Å². The average molecular weight is 617 g/mol. The summed E-state index contributed by atoms with van der Waals surface area (Å²) in [6, 6.07) is 41.8. The van der Waals surface area contributed by atoms with Gasteiger partial charge in [-0.15, -0.1) is 12.4 Å². The molecule has 3 amide bonds. The molecule has 0 aliphatic carbocycles. The number of carbonyl (C=O) groups excluding carboxylic acids is 3. The van der Waals surface area contributed by atoms with Gasteiger partial charge >= 0.3 is 0 Å². The summed E-state index contributed by atoms with van der Waals surface area (Å²) in [7, 11) is 0. The highest BCUT2D eigenvalue weighted by Gasteiger charge is 2.42. The molecule has 0 saturated heterocycles. The third-order valence-electron chi connectivity index (χ3n) is 7.78. The van der Waals surface area contributed by atoms with Crippen molar-refractivity contribution in [1.82, 2.24) is 0 Å². The van der Waals surface area contributed by atoms with Crippen molar-refractivity contribution in [2.75, 3.05) is 15.1 Å². The molecule has 0 aromatic heterocycles. The monoisotopic (exact) mass is 616 g/mol. The van der Waals surface area contributed by atoms with Gasteiger partial charge in [-0.3, -0.25) is 19.3 Å². The molecular weight excluding hydrogens is 584 g/mol. The molecule has 5 aromatic rings. The van der Waals surface area contributed by atoms with Gasteiger partial charge in [-0.2, -0.15) is 0 Å². The summed E-state index contributed by atoms with van der Waals surface area (Å²) < 4.78 is 0. The Balaban J connectivity index is 0.00000400. The molecule has 0 radical (unpaired) electrons. The first kappa shape index (κ1) is 31.2. The van der Waals surface area contributed by atoms with Gasteiger partial charge in [0.1, 0.15) is 5.92 Å². The van der Waals surface area contributed by atoms with Gasteiger partial charge in [-0.25, -0.2) is 0 Å². The van der Waals surface area contributed by atoms with E-state index in [2.05, 4.69) is 17.4 Å². The second-order valence-corrected chi connectivity index (χ2v) is 10.7. The second-order valence-electron chi connectivity index (χ2n) is 10.7. The van der Waals surface area contributed by atoms with Crippen molar-refractivity contribution in [2.45, 2.75) is 19.5 Å². The highest BCUT2D eigenvalue weighted by atomic mass is 35.5. The highest BCUT2D eigenvalue weighted by molar-refractivity contribution is 6.21. The van der Waals surface area contributed by atoms with Gasteiger partial charge in [0.2, 0.25) is 17.7 Å². The minimum atomic E-state index is -1.25. The maximum atomic E-state index is 14.4. The van der Waals surface area contributed by atoms with Gasteiger partial charge in [0, 0.05) is 24.3 Å². The van der Waals surface area contributed by atoms with Crippen LogP contribution < -0.4 is 20.9 Å². The molecule has 1 unspecified atom stereocenters. The van der Waals surface area contributed by atoms with Crippen molar-refractivity contribution in [1.29, 1.82) is 0 Å². The van der Waals surface area contributed by atoms with Crippen LogP contribution in [0.4, 0.5) is 22.7 Å². The van der Waals surface area contributed by atoms with Gasteiger partial charge in [0.15, 0.2) is 0 Å². The third kappa shape index (κ3) is 6.80. The Bertz CT molecular complexity index is 1780. The number of fused-ring (bicyclic) bond motifs is 1. The smallest absolute Gasteiger partial charge is 0.244 e. The number of nitrogens with one attached hydrogen (secondary N) is 1. The molecule has 226 valence electrons. The van der Waals surface area contributed by atoms with E-state index < -0.39 is 23.6 Å². The second kappa shape index (κ2) is 14.0. The molecule has 1 aliphatic heterocycles. The molecule has 0 spiro atoms. The molecule has 0 saturated carbocycles. The summed E-state index contributed by atoms with van der Waals surface area (Å²) in [5, 5.41) is 2.83. The molecule has 1 aliphatic rings. The fourth-order valence-electron chi connectivity index (χ4n) is 5.49. The van der Waals surface area contributed by atoms with Gasteiger partial charge < -0.3 is 16.0 Å². The molecule has 3 N–H and O–H groups in total. The Kier molecular flexibility index (Phi) is 9.73. The van der Waals surface area contributed by atoms with E-state index in [1.807, 2.05) is 109 Å². The van der Waals surface area contributed by atoms with Crippen LogP contribution in [0.3, 0.4) is 0 Å². The Hall–Kier alpha value is -5.24. The number of anilines is 4. The van der Waals surface area contributed by atoms with Crippen molar-refractivity contribution in [3.63, 3.8) is 0 Å². The van der Waals surface area contributed by atoms with Crippen LogP contribution in [-0.4, -0.2) is 17.7 Å². The number of carbonyl (C=O) groups is 3. The lowest BCUT2D eigenvalue weighted by Crippen LogP contribution is -2.42. The van der Waals surface area contributed by atoms with Crippen molar-refractivity contribution in [2.24, 2.45) is 11.7 Å². The van der Waals surface area contributed by atoms with Gasteiger partial charge in [0.25, 0.3) is 0 Å². The zero-order valence-corrected chi connectivity index (χ0v) is 25.3. The minimum absolute atomic E-state index is 0. The van der Waals surface area contributed by atoms with Gasteiger partial charge in [-0.1, -0.05) is 97.1 Å². The molecule has 0 fully saturated rings. The van der Waals surface area contributed by atoms with Crippen LogP contribution >= 0.6 is 12.4 Å². The molecule has 5 aromatic carbocycles. The third-order valence-corrected chi connectivity index (χ3v) is 7.78. The Morgan fingerprint density at radius 1 is 0.644 bits per heavy atom. The zero-order chi connectivity index (χ0) is 30.5. The number of hydrogen-bond donors (Lipinski definition) is 2. The number of hydrogen-bond acceptors (Lipinski definition) is 4. The first-order valence-electron chi connectivity index (χ1n) is 14.5. The summed E-state index contributed by atoms with van der Waals surface area (Å²) in [5.74, 6) is -2.56. The predicted molar refractivity (Wildman–Crippen MR) is 181 cm³/mol. The van der Waals surface area contributed by atoms with Crippen LogP contribution in [0.1, 0.15) is 17.5 Å². The van der Waals surface area contributed by atoms with E-state index in [9.17, 15) is 14.4 Å². The SMILES string of the molecule is Cl.NCc1ccc(N2C(=O)C(CC(=O)Nc3ccccc3)C(=O)N(Cc3ccc(-c4ccccc4)cc3)c3ccccc32)cc1. The first-order chi connectivity index (χ1) is 21.5. The zero-order valence-electron chi connectivity index (χ0n) is 24.5. The summed E-state index contributed by atoms with van der Waals surface area (Å²) in [6.45, 7) is 0.595. The molecular formula is C37H33ClN4O3. The number of nitrogens with two attached hydrogens (primary N) is 1. The summed E-state index contributed by atoms with van der Waals surface area (Å²) in [5.41, 5.74) is 12.1. The lowest BCUT2D eigenvalue weighted by Gasteiger charge is -2.26. The fraction of sp³-hybridized carbons (Fsp3) is 0.108. The number of benzene rings is 5. The lowest BCUT2D eigenvalue weighted by molar-refractivity contribution is -0.134. The normalized spacial score (nSPS) is 14.3. The Morgan fingerprint density at radius 3 is 1.84 bits per heavy atom. The molecule has 45 heavy (non-hydrogen) atoms. The maximum Gasteiger partial charge on any atom is 0.244 e. The minimum Gasteiger partial charge on any atom is -0.326 e. The van der Waals surface area contributed by atoms with Crippen molar-refractivity contribution >= 4 is 52.9 Å². The average Bonchev–Trinajstić information content (AvgIpc) is 3.15. The van der Waals surface area contributed by atoms with Crippen LogP contribution in [0, 0.1) is 5.92 Å². The van der Waals surface area contributed by atoms with Crippen LogP contribution in [0.5, 0.6) is 0 Å². The molecule has 8 heteroatoms. The van der Waals surface area contributed by atoms with E-state index in [0.29, 0.717) is 29.3 Å². The summed E-state index contributed by atoms with van der Waals surface area (Å²) in [4.78, 5) is 45.1.